The largest absolute Gasteiger partial charge is 0.354 e. The number of urea groups is 2. The summed E-state index contributed by atoms with van der Waals surface area (Å²) >= 11 is 38.0. The third kappa shape index (κ3) is 2.19. The fourth-order valence-electron chi connectivity index (χ4n) is 3.68. The molecular formula is C16H8Cl6N4O2. The van der Waals surface area contributed by atoms with Gasteiger partial charge in [-0.05, 0) is 24.3 Å². The molecule has 2 aliphatic rings. The van der Waals surface area contributed by atoms with Gasteiger partial charge >= 0.3 is 12.1 Å². The maximum Gasteiger partial charge on any atom is 0.354 e. The number of amides is 4. The SMILES string of the molecule is O=C1N(Cl)C2(c3cccc(Cl)c3)N(Cl)C(=O)N(Cl)C2(c2cccc(Cl)c2)N1Cl. The van der Waals surface area contributed by atoms with Gasteiger partial charge in [-0.3, -0.25) is 0 Å². The minimum absolute atomic E-state index is 0.304. The van der Waals surface area contributed by atoms with Gasteiger partial charge < -0.3 is 0 Å². The molecule has 0 saturated carbocycles. The van der Waals surface area contributed by atoms with Crippen LogP contribution < -0.4 is 0 Å². The number of carbonyl (C=O) groups is 2. The van der Waals surface area contributed by atoms with Gasteiger partial charge in [-0.25, -0.2) is 9.59 Å². The van der Waals surface area contributed by atoms with Gasteiger partial charge in [0.25, 0.3) is 0 Å². The quantitative estimate of drug-likeness (QED) is 0.468. The van der Waals surface area contributed by atoms with E-state index in [2.05, 4.69) is 0 Å². The van der Waals surface area contributed by atoms with Crippen LogP contribution in [0, 0.1) is 0 Å². The number of nitrogens with zero attached hydrogens (tertiary/aromatic N) is 4. The van der Waals surface area contributed by atoms with Crippen LogP contribution in [0.15, 0.2) is 48.5 Å². The van der Waals surface area contributed by atoms with Gasteiger partial charge in [0.2, 0.25) is 11.3 Å². The van der Waals surface area contributed by atoms with E-state index < -0.39 is 23.4 Å². The lowest BCUT2D eigenvalue weighted by Crippen LogP contribution is -2.58. The second-order valence-corrected chi connectivity index (χ2v) is 8.28. The van der Waals surface area contributed by atoms with E-state index in [-0.39, 0.29) is 0 Å². The zero-order chi connectivity index (χ0) is 20.4. The Bertz CT molecular complexity index is 901. The van der Waals surface area contributed by atoms with Crippen LogP contribution in [0.25, 0.3) is 0 Å². The van der Waals surface area contributed by atoms with Crippen molar-refractivity contribution in [1.82, 2.24) is 17.7 Å². The maximum absolute atomic E-state index is 12.9. The number of hydrogen-bond acceptors (Lipinski definition) is 2. The number of benzene rings is 2. The summed E-state index contributed by atoms with van der Waals surface area (Å²) < 4.78 is 2.89. The topological polar surface area (TPSA) is 47.1 Å². The number of carbonyl (C=O) groups excluding carboxylic acids is 2. The Morgan fingerprint density at radius 3 is 1.21 bits per heavy atom. The van der Waals surface area contributed by atoms with Crippen molar-refractivity contribution in [3.05, 3.63) is 69.7 Å². The molecule has 4 rings (SSSR count). The van der Waals surface area contributed by atoms with Gasteiger partial charge in [0.15, 0.2) is 0 Å². The highest BCUT2D eigenvalue weighted by Crippen LogP contribution is 2.64. The molecule has 6 nitrogen and oxygen atoms in total. The average molecular weight is 501 g/mol. The molecule has 0 spiro atoms. The highest BCUT2D eigenvalue weighted by Gasteiger charge is 2.81. The van der Waals surface area contributed by atoms with Gasteiger partial charge in [-0.2, -0.15) is 17.7 Å². The first kappa shape index (κ1) is 20.0. The molecule has 12 heteroatoms. The molecule has 0 atom stereocenters. The first-order chi connectivity index (χ1) is 13.2. The Morgan fingerprint density at radius 1 is 0.607 bits per heavy atom. The van der Waals surface area contributed by atoms with Crippen LogP contribution in [-0.2, 0) is 11.3 Å². The second-order valence-electron chi connectivity index (χ2n) is 6.05. The molecule has 4 amide bonds. The fourth-order valence-corrected chi connectivity index (χ4v) is 5.68. The summed E-state index contributed by atoms with van der Waals surface area (Å²) in [7, 11) is 0. The highest BCUT2D eigenvalue weighted by molar-refractivity contribution is 6.36. The molecule has 0 N–H and O–H groups in total. The molecule has 2 aromatic carbocycles. The van der Waals surface area contributed by atoms with E-state index in [9.17, 15) is 9.59 Å². The van der Waals surface area contributed by atoms with Crippen molar-refractivity contribution in [3.63, 3.8) is 0 Å². The maximum atomic E-state index is 12.9. The Kier molecular flexibility index (Phi) is 4.73. The molecule has 2 aliphatic heterocycles. The van der Waals surface area contributed by atoms with E-state index in [1.54, 1.807) is 36.4 Å². The first-order valence-electron chi connectivity index (χ1n) is 7.64. The van der Waals surface area contributed by atoms with Gasteiger partial charge in [0.05, 0.1) is 0 Å². The average Bonchev–Trinajstić information content (AvgIpc) is 2.96. The molecule has 0 aromatic heterocycles. The zero-order valence-corrected chi connectivity index (χ0v) is 18.0. The van der Waals surface area contributed by atoms with E-state index in [1.165, 1.54) is 12.1 Å². The van der Waals surface area contributed by atoms with Crippen molar-refractivity contribution in [3.8, 4) is 0 Å². The summed E-state index contributed by atoms with van der Waals surface area (Å²) in [5.74, 6) is 0. The number of fused-ring (bicyclic) bond motifs is 1. The monoisotopic (exact) mass is 498 g/mol. The molecule has 2 saturated heterocycles. The number of halogens is 6. The fraction of sp³-hybridized carbons (Fsp3) is 0.125. The predicted octanol–water partition coefficient (Wildman–Crippen LogP) is 6.09. The normalized spacial score (nSPS) is 27.1. The third-order valence-corrected chi connectivity index (χ3v) is 6.78. The third-order valence-electron chi connectivity index (χ3n) is 4.75. The summed E-state index contributed by atoms with van der Waals surface area (Å²) in [6, 6.07) is 11.0. The lowest BCUT2D eigenvalue weighted by Gasteiger charge is -2.43. The van der Waals surface area contributed by atoms with Crippen LogP contribution >= 0.6 is 70.3 Å². The molecule has 0 bridgehead atoms. The second kappa shape index (κ2) is 6.62. The minimum Gasteiger partial charge on any atom is -0.245 e. The van der Waals surface area contributed by atoms with Gasteiger partial charge in [0.1, 0.15) is 0 Å². The van der Waals surface area contributed by atoms with Crippen LogP contribution in [0.3, 0.4) is 0 Å². The minimum atomic E-state index is -1.87. The molecule has 2 fully saturated rings. The molecule has 28 heavy (non-hydrogen) atoms. The predicted molar refractivity (Wildman–Crippen MR) is 108 cm³/mol. The molecule has 146 valence electrons. The van der Waals surface area contributed by atoms with Crippen LogP contribution in [0.5, 0.6) is 0 Å². The van der Waals surface area contributed by atoms with Crippen molar-refractivity contribution >= 4 is 82.4 Å². The van der Waals surface area contributed by atoms with E-state index in [4.69, 9.17) is 70.3 Å². The zero-order valence-electron chi connectivity index (χ0n) is 13.5. The Hall–Kier alpha value is -1.28. The molecule has 2 aromatic rings. The summed E-state index contributed by atoms with van der Waals surface area (Å²) in [4.78, 5) is 25.8. The van der Waals surface area contributed by atoms with Crippen molar-refractivity contribution in [2.45, 2.75) is 11.3 Å². The Labute approximate surface area is 190 Å². The van der Waals surface area contributed by atoms with Gasteiger partial charge in [0, 0.05) is 68.3 Å². The summed E-state index contributed by atoms with van der Waals surface area (Å²) in [5.41, 5.74) is -3.14. The molecule has 0 radical (unpaired) electrons. The van der Waals surface area contributed by atoms with Gasteiger partial charge in [-0.1, -0.05) is 47.5 Å². The van der Waals surface area contributed by atoms with E-state index >= 15 is 0 Å². The summed E-state index contributed by atoms with van der Waals surface area (Å²) in [6.45, 7) is 0. The van der Waals surface area contributed by atoms with Gasteiger partial charge in [-0.15, -0.1) is 0 Å². The summed E-state index contributed by atoms with van der Waals surface area (Å²) in [5, 5.41) is 0.644. The van der Waals surface area contributed by atoms with E-state index in [0.717, 1.165) is 17.7 Å². The lowest BCUT2D eigenvalue weighted by atomic mass is 9.83. The van der Waals surface area contributed by atoms with Crippen LogP contribution in [0.2, 0.25) is 10.0 Å². The molecule has 2 heterocycles. The Balaban J connectivity index is 2.17. The van der Waals surface area contributed by atoms with Crippen molar-refractivity contribution in [2.75, 3.05) is 0 Å². The standard InChI is InChI=1S/C16H8Cl6N4O2/c17-11-5-1-3-9(7-11)15-16(25(21)13(27)23(15)19,26(22)14(28)24(15)20)10-4-2-6-12(18)8-10/h1-8H. The highest BCUT2D eigenvalue weighted by atomic mass is 35.5. The molecule has 0 unspecified atom stereocenters. The summed E-state index contributed by atoms with van der Waals surface area (Å²) in [6.07, 6.45) is 0. The van der Waals surface area contributed by atoms with Crippen LogP contribution in [0.4, 0.5) is 9.59 Å². The number of rotatable bonds is 2. The molecule has 0 aliphatic carbocycles. The van der Waals surface area contributed by atoms with Crippen LogP contribution in [-0.4, -0.2) is 29.7 Å². The number of hydrogen-bond donors (Lipinski definition) is 0. The Morgan fingerprint density at radius 2 is 0.929 bits per heavy atom. The van der Waals surface area contributed by atoms with Crippen molar-refractivity contribution in [1.29, 1.82) is 0 Å². The lowest BCUT2D eigenvalue weighted by molar-refractivity contribution is 0.0294. The first-order valence-corrected chi connectivity index (χ1v) is 9.75. The van der Waals surface area contributed by atoms with E-state index in [0.29, 0.717) is 21.2 Å². The van der Waals surface area contributed by atoms with Crippen LogP contribution in [0.1, 0.15) is 11.1 Å². The van der Waals surface area contributed by atoms with Crippen molar-refractivity contribution in [2.24, 2.45) is 0 Å². The van der Waals surface area contributed by atoms with Crippen molar-refractivity contribution < 1.29 is 9.59 Å². The smallest absolute Gasteiger partial charge is 0.245 e. The molecular weight excluding hydrogens is 493 g/mol. The van der Waals surface area contributed by atoms with E-state index in [1.807, 2.05) is 0 Å².